The van der Waals surface area contributed by atoms with Gasteiger partial charge in [-0.05, 0) is 37.0 Å². The quantitative estimate of drug-likeness (QED) is 0.658. The summed E-state index contributed by atoms with van der Waals surface area (Å²) in [5, 5.41) is 0. The number of ether oxygens (including phenoxy) is 2. The molecule has 0 amide bonds. The molecule has 0 aromatic heterocycles. The Bertz CT molecular complexity index is 329. The smallest absolute Gasteiger partial charge is 0.202 e. The molecule has 0 heterocycles. The lowest BCUT2D eigenvalue weighted by Gasteiger charge is -2.22. The Kier molecular flexibility index (Phi) is 6.20. The van der Waals surface area contributed by atoms with Crippen LogP contribution in [0.4, 0.5) is 0 Å². The standard InChI is InChI=1S/C16H26O2/c1-6-13(5)14-8-10-15(11-9-14)18-16(12(3)4)17-7-2/h8-13,16H,6-7H2,1-5H3. The van der Waals surface area contributed by atoms with Crippen molar-refractivity contribution in [3.05, 3.63) is 29.8 Å². The predicted octanol–water partition coefficient (Wildman–Crippen LogP) is 4.60. The van der Waals surface area contributed by atoms with E-state index in [1.807, 2.05) is 19.1 Å². The Morgan fingerprint density at radius 1 is 1.00 bits per heavy atom. The molecule has 0 radical (unpaired) electrons. The molecule has 0 fully saturated rings. The molecule has 0 bridgehead atoms. The van der Waals surface area contributed by atoms with E-state index in [4.69, 9.17) is 9.47 Å². The van der Waals surface area contributed by atoms with Crippen LogP contribution >= 0.6 is 0 Å². The van der Waals surface area contributed by atoms with Gasteiger partial charge < -0.3 is 9.47 Å². The van der Waals surface area contributed by atoms with Gasteiger partial charge >= 0.3 is 0 Å². The second kappa shape index (κ2) is 7.42. The van der Waals surface area contributed by atoms with Crippen molar-refractivity contribution >= 4 is 0 Å². The first-order valence-electron chi connectivity index (χ1n) is 6.96. The Morgan fingerprint density at radius 2 is 1.61 bits per heavy atom. The molecule has 0 aliphatic rings. The molecule has 2 unspecified atom stereocenters. The van der Waals surface area contributed by atoms with Gasteiger partial charge in [0.1, 0.15) is 5.75 Å². The highest BCUT2D eigenvalue weighted by Crippen LogP contribution is 2.23. The summed E-state index contributed by atoms with van der Waals surface area (Å²) in [4.78, 5) is 0. The molecule has 0 aliphatic heterocycles. The third-order valence-electron chi connectivity index (χ3n) is 3.19. The zero-order valence-electron chi connectivity index (χ0n) is 12.3. The van der Waals surface area contributed by atoms with Gasteiger partial charge in [0.2, 0.25) is 6.29 Å². The van der Waals surface area contributed by atoms with Crippen LogP contribution in [0.25, 0.3) is 0 Å². The third-order valence-corrected chi connectivity index (χ3v) is 3.19. The monoisotopic (exact) mass is 250 g/mol. The van der Waals surface area contributed by atoms with E-state index in [2.05, 4.69) is 39.8 Å². The van der Waals surface area contributed by atoms with Gasteiger partial charge in [-0.25, -0.2) is 0 Å². The van der Waals surface area contributed by atoms with E-state index in [-0.39, 0.29) is 6.29 Å². The van der Waals surface area contributed by atoms with E-state index in [1.165, 1.54) is 5.56 Å². The zero-order chi connectivity index (χ0) is 13.5. The van der Waals surface area contributed by atoms with E-state index >= 15 is 0 Å². The zero-order valence-corrected chi connectivity index (χ0v) is 12.3. The minimum absolute atomic E-state index is 0.163. The summed E-state index contributed by atoms with van der Waals surface area (Å²) in [7, 11) is 0. The summed E-state index contributed by atoms with van der Waals surface area (Å²) in [6.45, 7) is 11.3. The largest absolute Gasteiger partial charge is 0.465 e. The minimum Gasteiger partial charge on any atom is -0.465 e. The van der Waals surface area contributed by atoms with Crippen LogP contribution in [-0.4, -0.2) is 12.9 Å². The first-order chi connectivity index (χ1) is 8.58. The van der Waals surface area contributed by atoms with Crippen molar-refractivity contribution in [2.75, 3.05) is 6.61 Å². The summed E-state index contributed by atoms with van der Waals surface area (Å²) in [6.07, 6.45) is 0.998. The van der Waals surface area contributed by atoms with Gasteiger partial charge in [0, 0.05) is 12.5 Å². The number of hydrogen-bond acceptors (Lipinski definition) is 2. The molecule has 1 aromatic carbocycles. The number of rotatable bonds is 7. The van der Waals surface area contributed by atoms with Gasteiger partial charge in [-0.1, -0.05) is 39.8 Å². The first kappa shape index (κ1) is 15.0. The Hall–Kier alpha value is -1.02. The van der Waals surface area contributed by atoms with Crippen LogP contribution in [0, 0.1) is 5.92 Å². The summed E-state index contributed by atoms with van der Waals surface area (Å²) in [5.74, 6) is 1.83. The average Bonchev–Trinajstić information content (AvgIpc) is 2.38. The summed E-state index contributed by atoms with van der Waals surface area (Å²) < 4.78 is 11.4. The normalized spacial score (nSPS) is 14.6. The summed E-state index contributed by atoms with van der Waals surface area (Å²) >= 11 is 0. The first-order valence-corrected chi connectivity index (χ1v) is 6.96. The molecule has 0 aliphatic carbocycles. The topological polar surface area (TPSA) is 18.5 Å². The van der Waals surface area contributed by atoms with Crippen molar-refractivity contribution in [1.29, 1.82) is 0 Å². The molecule has 1 aromatic rings. The van der Waals surface area contributed by atoms with Crippen molar-refractivity contribution < 1.29 is 9.47 Å². The highest BCUT2D eigenvalue weighted by atomic mass is 16.7. The summed E-state index contributed by atoms with van der Waals surface area (Å²) in [6, 6.07) is 8.37. The maximum Gasteiger partial charge on any atom is 0.202 e. The highest BCUT2D eigenvalue weighted by molar-refractivity contribution is 5.29. The van der Waals surface area contributed by atoms with Crippen LogP contribution in [0.3, 0.4) is 0 Å². The van der Waals surface area contributed by atoms with Crippen molar-refractivity contribution in [3.63, 3.8) is 0 Å². The van der Waals surface area contributed by atoms with Gasteiger partial charge in [0.15, 0.2) is 0 Å². The molecule has 1 rings (SSSR count). The van der Waals surface area contributed by atoms with Crippen molar-refractivity contribution in [2.45, 2.75) is 53.2 Å². The van der Waals surface area contributed by atoms with Crippen LogP contribution in [-0.2, 0) is 4.74 Å². The van der Waals surface area contributed by atoms with Crippen LogP contribution in [0.1, 0.15) is 52.5 Å². The van der Waals surface area contributed by atoms with Crippen molar-refractivity contribution in [3.8, 4) is 5.75 Å². The van der Waals surface area contributed by atoms with Crippen molar-refractivity contribution in [1.82, 2.24) is 0 Å². The molecule has 0 saturated carbocycles. The fourth-order valence-electron chi connectivity index (χ4n) is 1.77. The fourth-order valence-corrected chi connectivity index (χ4v) is 1.77. The molecule has 0 saturated heterocycles. The Morgan fingerprint density at radius 3 is 2.06 bits per heavy atom. The molecular formula is C16H26O2. The lowest BCUT2D eigenvalue weighted by molar-refractivity contribution is -0.103. The third kappa shape index (κ3) is 4.34. The Labute approximate surface area is 111 Å². The predicted molar refractivity (Wildman–Crippen MR) is 76.0 cm³/mol. The van der Waals surface area contributed by atoms with Gasteiger partial charge in [0.25, 0.3) is 0 Å². The lowest BCUT2D eigenvalue weighted by Crippen LogP contribution is -2.26. The molecule has 18 heavy (non-hydrogen) atoms. The molecule has 102 valence electrons. The van der Waals surface area contributed by atoms with E-state index in [9.17, 15) is 0 Å². The van der Waals surface area contributed by atoms with Gasteiger partial charge in [0.05, 0.1) is 0 Å². The molecular weight excluding hydrogens is 224 g/mol. The SMILES string of the molecule is CCOC(Oc1ccc(C(C)CC)cc1)C(C)C. The van der Waals surface area contributed by atoms with Crippen LogP contribution in [0.5, 0.6) is 5.75 Å². The molecule has 0 N–H and O–H groups in total. The second-order valence-corrected chi connectivity index (χ2v) is 5.06. The average molecular weight is 250 g/mol. The molecule has 2 heteroatoms. The molecule has 2 nitrogen and oxygen atoms in total. The van der Waals surface area contributed by atoms with Crippen LogP contribution in [0.15, 0.2) is 24.3 Å². The number of hydrogen-bond donors (Lipinski definition) is 0. The van der Waals surface area contributed by atoms with Gasteiger partial charge in [-0.3, -0.25) is 0 Å². The molecule has 0 spiro atoms. The fraction of sp³-hybridized carbons (Fsp3) is 0.625. The second-order valence-electron chi connectivity index (χ2n) is 5.06. The number of benzene rings is 1. The van der Waals surface area contributed by atoms with Crippen LogP contribution in [0.2, 0.25) is 0 Å². The maximum atomic E-state index is 5.86. The van der Waals surface area contributed by atoms with Crippen molar-refractivity contribution in [2.24, 2.45) is 5.92 Å². The van der Waals surface area contributed by atoms with Gasteiger partial charge in [-0.2, -0.15) is 0 Å². The molecule has 2 atom stereocenters. The Balaban J connectivity index is 2.67. The van der Waals surface area contributed by atoms with E-state index in [0.717, 1.165) is 12.2 Å². The minimum atomic E-state index is -0.163. The summed E-state index contributed by atoms with van der Waals surface area (Å²) in [5.41, 5.74) is 1.36. The van der Waals surface area contributed by atoms with E-state index in [1.54, 1.807) is 0 Å². The van der Waals surface area contributed by atoms with Gasteiger partial charge in [-0.15, -0.1) is 0 Å². The van der Waals surface area contributed by atoms with E-state index < -0.39 is 0 Å². The van der Waals surface area contributed by atoms with E-state index in [0.29, 0.717) is 18.4 Å². The lowest BCUT2D eigenvalue weighted by atomic mass is 9.99. The highest BCUT2D eigenvalue weighted by Gasteiger charge is 2.15. The van der Waals surface area contributed by atoms with Crippen LogP contribution < -0.4 is 4.74 Å². The maximum absolute atomic E-state index is 5.86.